The van der Waals surface area contributed by atoms with Crippen LogP contribution in [0.15, 0.2) is 30.6 Å². The van der Waals surface area contributed by atoms with Gasteiger partial charge in [-0.15, -0.1) is 0 Å². The zero-order valence-corrected chi connectivity index (χ0v) is 11.7. The number of anilines is 2. The first-order chi connectivity index (χ1) is 9.61. The highest BCUT2D eigenvalue weighted by Crippen LogP contribution is 2.25. The number of nitrogens with one attached hydrogen (secondary N) is 1. The summed E-state index contributed by atoms with van der Waals surface area (Å²) in [5.74, 6) is 0.221. The number of rotatable bonds is 6. The van der Waals surface area contributed by atoms with Gasteiger partial charge in [-0.1, -0.05) is 25.5 Å². The molecule has 106 valence electrons. The Balaban J connectivity index is 2.14. The van der Waals surface area contributed by atoms with E-state index in [2.05, 4.69) is 17.2 Å². The quantitative estimate of drug-likeness (QED) is 0.647. The summed E-state index contributed by atoms with van der Waals surface area (Å²) in [6.07, 6.45) is 4.82. The molecular weight excluding hydrogens is 256 g/mol. The van der Waals surface area contributed by atoms with Gasteiger partial charge in [0, 0.05) is 12.7 Å². The molecule has 1 aromatic heterocycles. The maximum Gasteiger partial charge on any atom is 0.406 e. The van der Waals surface area contributed by atoms with Gasteiger partial charge in [-0.2, -0.15) is 0 Å². The Morgan fingerprint density at radius 2 is 2.05 bits per heavy atom. The third-order valence-electron chi connectivity index (χ3n) is 3.13. The average Bonchev–Trinajstić information content (AvgIpc) is 2.80. The van der Waals surface area contributed by atoms with Gasteiger partial charge in [0.05, 0.1) is 0 Å². The van der Waals surface area contributed by atoms with Gasteiger partial charge in [0.25, 0.3) is 0 Å². The molecule has 0 spiro atoms. The van der Waals surface area contributed by atoms with Gasteiger partial charge in [-0.3, -0.25) is 4.57 Å². The van der Waals surface area contributed by atoms with Crippen molar-refractivity contribution < 1.29 is 4.92 Å². The number of hydrogen-bond acceptors (Lipinski definition) is 4. The summed E-state index contributed by atoms with van der Waals surface area (Å²) in [7, 11) is 1.72. The fraction of sp³-hybridized carbons (Fsp3) is 0.357. The number of benzene rings is 1. The Kier molecular flexibility index (Phi) is 4.34. The van der Waals surface area contributed by atoms with Crippen LogP contribution in [0.5, 0.6) is 0 Å². The summed E-state index contributed by atoms with van der Waals surface area (Å²) in [5.41, 5.74) is 2.09. The first-order valence-electron chi connectivity index (χ1n) is 6.63. The average molecular weight is 274 g/mol. The first kappa shape index (κ1) is 14.0. The maximum absolute atomic E-state index is 10.9. The Morgan fingerprint density at radius 1 is 1.35 bits per heavy atom. The van der Waals surface area contributed by atoms with Crippen LogP contribution in [0.4, 0.5) is 17.3 Å². The molecule has 0 saturated heterocycles. The molecule has 1 aromatic carbocycles. The predicted octanol–water partition coefficient (Wildman–Crippen LogP) is 3.41. The SMILES string of the molecule is CCCCc1ccc(Nc2c([N+](=O)[O-])ncn2C)cc1. The third kappa shape index (κ3) is 3.14. The van der Waals surface area contributed by atoms with Crippen molar-refractivity contribution in [3.05, 3.63) is 46.3 Å². The van der Waals surface area contributed by atoms with E-state index in [1.54, 1.807) is 11.6 Å². The molecule has 20 heavy (non-hydrogen) atoms. The number of aryl methyl sites for hydroxylation is 2. The van der Waals surface area contributed by atoms with Crippen LogP contribution in [-0.4, -0.2) is 14.5 Å². The number of nitro groups is 1. The van der Waals surface area contributed by atoms with Crippen LogP contribution in [0.1, 0.15) is 25.3 Å². The van der Waals surface area contributed by atoms with Crippen molar-refractivity contribution in [2.75, 3.05) is 5.32 Å². The third-order valence-corrected chi connectivity index (χ3v) is 3.13. The molecule has 0 saturated carbocycles. The Bertz CT molecular complexity index is 590. The van der Waals surface area contributed by atoms with Gasteiger partial charge >= 0.3 is 5.82 Å². The molecule has 0 fully saturated rings. The largest absolute Gasteiger partial charge is 0.406 e. The molecule has 0 unspecified atom stereocenters. The molecule has 0 bridgehead atoms. The molecule has 6 nitrogen and oxygen atoms in total. The van der Waals surface area contributed by atoms with Crippen LogP contribution in [-0.2, 0) is 13.5 Å². The lowest BCUT2D eigenvalue weighted by atomic mass is 10.1. The zero-order valence-electron chi connectivity index (χ0n) is 11.7. The predicted molar refractivity (Wildman–Crippen MR) is 78.2 cm³/mol. The van der Waals surface area contributed by atoms with E-state index in [9.17, 15) is 10.1 Å². The van der Waals surface area contributed by atoms with Crippen molar-refractivity contribution in [1.82, 2.24) is 9.55 Å². The lowest BCUT2D eigenvalue weighted by molar-refractivity contribution is -0.388. The number of aromatic nitrogens is 2. The van der Waals surface area contributed by atoms with Crippen molar-refractivity contribution >= 4 is 17.3 Å². The molecule has 6 heteroatoms. The highest BCUT2D eigenvalue weighted by atomic mass is 16.6. The van der Waals surface area contributed by atoms with Gasteiger partial charge in [0.1, 0.15) is 0 Å². The van der Waals surface area contributed by atoms with Crippen LogP contribution >= 0.6 is 0 Å². The molecule has 1 N–H and O–H groups in total. The van der Waals surface area contributed by atoms with Gasteiger partial charge in [-0.25, -0.2) is 0 Å². The van der Waals surface area contributed by atoms with Gasteiger partial charge in [0.2, 0.25) is 12.1 Å². The van der Waals surface area contributed by atoms with E-state index in [1.807, 2.05) is 24.3 Å². The highest BCUT2D eigenvalue weighted by Gasteiger charge is 2.19. The van der Waals surface area contributed by atoms with E-state index < -0.39 is 4.92 Å². The standard InChI is InChI=1S/C14H18N4O2/c1-3-4-5-11-6-8-12(9-7-11)16-14-13(18(19)20)15-10-17(14)2/h6-10,16H,3-5H2,1-2H3. The van der Waals surface area contributed by atoms with Gasteiger partial charge in [-0.05, 0) is 40.4 Å². The lowest BCUT2D eigenvalue weighted by Crippen LogP contribution is -2.00. The first-order valence-corrected chi connectivity index (χ1v) is 6.63. The molecule has 1 heterocycles. The van der Waals surface area contributed by atoms with Gasteiger partial charge in [0.15, 0.2) is 0 Å². The monoisotopic (exact) mass is 274 g/mol. The van der Waals surface area contributed by atoms with Crippen LogP contribution in [0.3, 0.4) is 0 Å². The van der Waals surface area contributed by atoms with Crippen molar-refractivity contribution in [2.45, 2.75) is 26.2 Å². The van der Waals surface area contributed by atoms with Crippen LogP contribution in [0, 0.1) is 10.1 Å². The van der Waals surface area contributed by atoms with Crippen molar-refractivity contribution in [3.8, 4) is 0 Å². The second kappa shape index (κ2) is 6.18. The minimum Gasteiger partial charge on any atom is -0.358 e. The van der Waals surface area contributed by atoms with Crippen molar-refractivity contribution in [2.24, 2.45) is 7.05 Å². The molecule has 0 atom stereocenters. The number of unbranched alkanes of at least 4 members (excludes halogenated alkanes) is 1. The molecular formula is C14H18N4O2. The summed E-state index contributed by atoms with van der Waals surface area (Å²) in [6, 6.07) is 7.95. The molecule has 0 radical (unpaired) electrons. The molecule has 0 aliphatic carbocycles. The number of nitrogens with zero attached hydrogens (tertiary/aromatic N) is 3. The van der Waals surface area contributed by atoms with E-state index in [-0.39, 0.29) is 5.82 Å². The second-order valence-electron chi connectivity index (χ2n) is 4.71. The fourth-order valence-corrected chi connectivity index (χ4v) is 1.97. The fourth-order valence-electron chi connectivity index (χ4n) is 1.97. The highest BCUT2D eigenvalue weighted by molar-refractivity contribution is 5.63. The maximum atomic E-state index is 10.9. The van der Waals surface area contributed by atoms with Crippen molar-refractivity contribution in [1.29, 1.82) is 0 Å². The van der Waals surface area contributed by atoms with Crippen LogP contribution in [0.2, 0.25) is 0 Å². The molecule has 0 aliphatic heterocycles. The topological polar surface area (TPSA) is 73.0 Å². The molecule has 0 amide bonds. The minimum absolute atomic E-state index is 0.164. The summed E-state index contributed by atoms with van der Waals surface area (Å²) < 4.78 is 1.60. The zero-order chi connectivity index (χ0) is 14.5. The van der Waals surface area contributed by atoms with E-state index in [0.717, 1.165) is 12.1 Å². The van der Waals surface area contributed by atoms with Crippen LogP contribution in [0.25, 0.3) is 0 Å². The normalized spacial score (nSPS) is 10.5. The van der Waals surface area contributed by atoms with E-state index in [4.69, 9.17) is 0 Å². The number of hydrogen-bond donors (Lipinski definition) is 1. The second-order valence-corrected chi connectivity index (χ2v) is 4.71. The van der Waals surface area contributed by atoms with E-state index >= 15 is 0 Å². The summed E-state index contributed by atoms with van der Waals surface area (Å²) >= 11 is 0. The summed E-state index contributed by atoms with van der Waals surface area (Å²) in [4.78, 5) is 14.2. The minimum atomic E-state index is -0.488. The van der Waals surface area contributed by atoms with E-state index in [1.165, 1.54) is 24.7 Å². The number of imidazole rings is 1. The Morgan fingerprint density at radius 3 is 2.65 bits per heavy atom. The molecule has 2 aromatic rings. The molecule has 2 rings (SSSR count). The van der Waals surface area contributed by atoms with Gasteiger partial charge < -0.3 is 15.4 Å². The van der Waals surface area contributed by atoms with E-state index in [0.29, 0.717) is 5.82 Å². The van der Waals surface area contributed by atoms with Crippen LogP contribution < -0.4 is 5.32 Å². The molecule has 0 aliphatic rings. The smallest absolute Gasteiger partial charge is 0.358 e. The summed E-state index contributed by atoms with van der Waals surface area (Å²) in [5, 5.41) is 13.9. The Labute approximate surface area is 117 Å². The van der Waals surface area contributed by atoms with Crippen molar-refractivity contribution in [3.63, 3.8) is 0 Å². The summed E-state index contributed by atoms with van der Waals surface area (Å²) in [6.45, 7) is 2.16. The lowest BCUT2D eigenvalue weighted by Gasteiger charge is -2.07. The Hall–Kier alpha value is -2.37.